The predicted octanol–water partition coefficient (Wildman–Crippen LogP) is -0.893. The Morgan fingerprint density at radius 2 is 0.729 bits per heavy atom. The highest BCUT2D eigenvalue weighted by Gasteiger charge is 2.65. The molecule has 0 spiro atoms. The number of benzene rings is 2. The maximum atomic E-state index is 16.0. The summed E-state index contributed by atoms with van der Waals surface area (Å²) in [4.78, 5) is 188. The van der Waals surface area contributed by atoms with E-state index in [0.717, 1.165) is 0 Å². The summed E-state index contributed by atoms with van der Waals surface area (Å²) in [6.07, 6.45) is -0.0256. The van der Waals surface area contributed by atoms with Gasteiger partial charge in [-0.1, -0.05) is 50.9 Å². The van der Waals surface area contributed by atoms with Gasteiger partial charge >= 0.3 is 0 Å². The molecule has 0 aliphatic carbocycles. The Morgan fingerprint density at radius 1 is 0.411 bits per heavy atom. The molecule has 36 heteroatoms. The molecular formula is C71H98Cl2N20O14. The molecule has 0 aromatic heterocycles. The molecule has 12 aliphatic rings. The van der Waals surface area contributed by atoms with E-state index in [1.165, 1.54) is 82.8 Å². The highest BCUT2D eigenvalue weighted by Crippen LogP contribution is 2.56. The fourth-order valence-electron chi connectivity index (χ4n) is 17.9. The second-order valence-electron chi connectivity index (χ2n) is 31.8. The van der Waals surface area contributed by atoms with Crippen LogP contribution in [-0.4, -0.2) is 268 Å². The lowest BCUT2D eigenvalue weighted by molar-refractivity contribution is -0.169. The number of rotatable bonds is 3. The number of nitrogens with one attached hydrogen (secondary N) is 10. The van der Waals surface area contributed by atoms with Gasteiger partial charge in [0.2, 0.25) is 35.4 Å². The molecule has 2 aromatic rings. The van der Waals surface area contributed by atoms with Crippen LogP contribution in [0.2, 0.25) is 10.0 Å². The van der Waals surface area contributed by atoms with Crippen molar-refractivity contribution in [1.82, 2.24) is 92.8 Å². The van der Waals surface area contributed by atoms with Crippen molar-refractivity contribution in [3.8, 4) is 11.1 Å². The highest BCUT2D eigenvalue weighted by molar-refractivity contribution is 6.37. The number of carbonyl (C=O) groups excluding carboxylic acids is 12. The topological polar surface area (TPSA) is 398 Å². The van der Waals surface area contributed by atoms with E-state index in [1.807, 2.05) is 0 Å². The fourth-order valence-corrected chi connectivity index (χ4v) is 18.5. The molecule has 2 aromatic carbocycles. The highest BCUT2D eigenvalue weighted by atomic mass is 35.5. The number of amides is 12. The first-order valence-electron chi connectivity index (χ1n) is 37.7. The lowest BCUT2D eigenvalue weighted by Crippen LogP contribution is -2.71. The molecule has 14 rings (SSSR count). The van der Waals surface area contributed by atoms with Gasteiger partial charge < -0.3 is 51.1 Å². The lowest BCUT2D eigenvalue weighted by Gasteiger charge is -2.47. The minimum absolute atomic E-state index is 0.0508. The van der Waals surface area contributed by atoms with Gasteiger partial charge in [-0.15, -0.1) is 0 Å². The van der Waals surface area contributed by atoms with Crippen molar-refractivity contribution >= 4 is 105 Å². The number of anilines is 2. The number of nitrogens with zero attached hydrogens (tertiary/aromatic N) is 10. The minimum Gasteiger partial charge on any atom is -0.381 e. The Bertz CT molecular complexity index is 4040. The predicted molar refractivity (Wildman–Crippen MR) is 385 cm³/mol. The smallest absolute Gasteiger partial charge is 0.262 e. The molecule has 12 N–H and O–H groups in total. The van der Waals surface area contributed by atoms with Crippen LogP contribution >= 0.6 is 23.2 Å². The van der Waals surface area contributed by atoms with Gasteiger partial charge in [0, 0.05) is 99.8 Å². The zero-order valence-electron chi connectivity index (χ0n) is 61.6. The van der Waals surface area contributed by atoms with Crippen LogP contribution in [0, 0.1) is 11.8 Å². The average molecular weight is 1530 g/mol. The number of hydrogen-bond acceptors (Lipinski definition) is 22. The number of likely N-dealkylation sites (N-methyl/N-ethyl adjacent to an activating group) is 2. The van der Waals surface area contributed by atoms with Crippen molar-refractivity contribution < 1.29 is 67.7 Å². The van der Waals surface area contributed by atoms with E-state index in [2.05, 4.69) is 53.8 Å². The quantitative estimate of drug-likeness (QED) is 0.177. The van der Waals surface area contributed by atoms with Gasteiger partial charge in [-0.3, -0.25) is 87.6 Å². The summed E-state index contributed by atoms with van der Waals surface area (Å²) in [6.45, 7) is 13.3. The van der Waals surface area contributed by atoms with Gasteiger partial charge in [0.25, 0.3) is 35.4 Å². The van der Waals surface area contributed by atoms with Gasteiger partial charge in [-0.2, -0.15) is 0 Å². The zero-order chi connectivity index (χ0) is 76.5. The van der Waals surface area contributed by atoms with Crippen molar-refractivity contribution in [3.05, 3.63) is 45.4 Å². The number of aliphatic hydroxyl groups is 2. The summed E-state index contributed by atoms with van der Waals surface area (Å²) in [5, 5.41) is 47.1. The van der Waals surface area contributed by atoms with Gasteiger partial charge in [-0.05, 0) is 134 Å². The van der Waals surface area contributed by atoms with E-state index >= 15 is 33.6 Å². The van der Waals surface area contributed by atoms with Gasteiger partial charge in [0.05, 0.1) is 10.0 Å². The van der Waals surface area contributed by atoms with E-state index in [1.54, 1.807) is 53.7 Å². The molecule has 10 fully saturated rings. The Labute approximate surface area is 629 Å². The van der Waals surface area contributed by atoms with Crippen LogP contribution in [0.4, 0.5) is 11.4 Å². The van der Waals surface area contributed by atoms with Crippen LogP contribution in [0.1, 0.15) is 149 Å². The maximum Gasteiger partial charge on any atom is 0.262 e. The van der Waals surface area contributed by atoms with Crippen molar-refractivity contribution in [3.63, 3.8) is 0 Å². The van der Waals surface area contributed by atoms with Crippen molar-refractivity contribution in [1.29, 1.82) is 0 Å². The molecule has 580 valence electrons. The standard InChI is InChI=1S/C71H98Cl2N20O14/c1-34(2)53-64(103)91-49(20-14-25-77-91)62(101)89-45(16-10-23-75-89)58(97)84(8)36(5)57(96)88-47(18-12-22-74-88)60(99)86-51(55(94)82-53)32-70(106)39-28-37(41(72)30-43(39)80-66(70)86)38-29-40-44(31-42(38)73)81-67-71(40,107)33-52-56(95)83-54(35(3)4)65(104)92-50(21-15-26-78-92)63(102)90-46(17-11-24-76-90)59(98)85(9)69(6,7)68(105)93-48(19-13-27-79-93)61(100)87(52)67/h28-31,34-36,45-54,66-67,74-81,106-107H,10-27,32-33H2,1-9H3,(H,82,94)(H,83,95)/t36-,45+,46+,47-,48-,49-,50-,51-,52-,53+,54+,66-,67-,70+,71+/m0/s1. The third-order valence-electron chi connectivity index (χ3n) is 24.3. The molecule has 0 saturated carbocycles. The second-order valence-corrected chi connectivity index (χ2v) is 32.6. The van der Waals surface area contributed by atoms with E-state index in [-0.39, 0.29) is 95.3 Å². The van der Waals surface area contributed by atoms with E-state index in [9.17, 15) is 34.2 Å². The normalized spacial score (nSPS) is 34.2. The molecular weight excluding hydrogens is 1430 g/mol. The van der Waals surface area contributed by atoms with Gasteiger partial charge in [0.15, 0.2) is 0 Å². The van der Waals surface area contributed by atoms with E-state index in [0.29, 0.717) is 64.7 Å². The Hall–Kier alpha value is -8.06. The second kappa shape index (κ2) is 28.7. The van der Waals surface area contributed by atoms with Crippen LogP contribution in [0.5, 0.6) is 0 Å². The Morgan fingerprint density at radius 3 is 1.10 bits per heavy atom. The summed E-state index contributed by atoms with van der Waals surface area (Å²) in [5.74, 6) is -9.29. The van der Waals surface area contributed by atoms with Gasteiger partial charge in [0.1, 0.15) is 95.5 Å². The first kappa shape index (κ1) is 75.7. The summed E-state index contributed by atoms with van der Waals surface area (Å²) in [5.41, 5.74) is 13.7. The van der Waals surface area contributed by atoms with Crippen molar-refractivity contribution in [2.24, 2.45) is 11.8 Å². The first-order valence-corrected chi connectivity index (χ1v) is 38.4. The summed E-state index contributed by atoms with van der Waals surface area (Å²) in [6, 6.07) is -7.86. The fraction of sp³-hybridized carbons (Fsp3) is 0.662. The van der Waals surface area contributed by atoms with Crippen LogP contribution in [-0.2, 0) is 68.7 Å². The van der Waals surface area contributed by atoms with Gasteiger partial charge in [-0.25, -0.2) is 32.6 Å². The minimum atomic E-state index is -2.17. The van der Waals surface area contributed by atoms with E-state index in [4.69, 9.17) is 23.2 Å². The third-order valence-corrected chi connectivity index (χ3v) is 24.9. The number of carbonyl (C=O) groups is 12. The molecule has 34 nitrogen and oxygen atoms in total. The Balaban J connectivity index is 0.825. The van der Waals surface area contributed by atoms with Crippen molar-refractivity contribution in [2.75, 3.05) is 64.0 Å². The summed E-state index contributed by atoms with van der Waals surface area (Å²) < 4.78 is 0. The van der Waals surface area contributed by atoms with Crippen LogP contribution < -0.4 is 53.8 Å². The van der Waals surface area contributed by atoms with Crippen LogP contribution in [0.3, 0.4) is 0 Å². The Kier molecular flexibility index (Phi) is 20.3. The molecule has 0 radical (unpaired) electrons. The van der Waals surface area contributed by atoms with Crippen LogP contribution in [0.25, 0.3) is 11.1 Å². The van der Waals surface area contributed by atoms with Crippen LogP contribution in [0.15, 0.2) is 24.3 Å². The zero-order valence-corrected chi connectivity index (χ0v) is 63.1. The van der Waals surface area contributed by atoms with Crippen molar-refractivity contribution in [2.45, 2.75) is 234 Å². The monoisotopic (exact) mass is 1520 g/mol. The maximum absolute atomic E-state index is 16.0. The largest absolute Gasteiger partial charge is 0.381 e. The molecule has 12 amide bonds. The molecule has 107 heavy (non-hydrogen) atoms. The number of halogens is 2. The third kappa shape index (κ3) is 12.6. The molecule has 12 aliphatic heterocycles. The first-order chi connectivity index (χ1) is 50.8. The van der Waals surface area contributed by atoms with E-state index < -0.39 is 191 Å². The molecule has 15 atom stereocenters. The molecule has 0 bridgehead atoms. The number of hydrazine groups is 6. The summed E-state index contributed by atoms with van der Waals surface area (Å²) in [7, 11) is 2.91. The molecule has 12 heterocycles. The number of hydrogen-bond donors (Lipinski definition) is 12. The molecule has 0 unspecified atom stereocenters. The SMILES string of the molecule is CC(C)[C@H]1NC(=O)[C@@H]2C[C@@]3(O)c4cc(-c5cc6c(cc5Cl)N[C@H]5N7C(=O)[C@@H]8CCCNN8C(=O)C(C)(C)N(C)C(=O)[C@H]8CCCNN8C(=O)[C@@H]8CCCNN8C(=O)[C@@H](C(C)C)NC(=O)[C@@H]7C[C@@]65O)c(Cl)cc4N[C@H]3N2C(=O)[C@@H]2CCCNN2C(=O)[C@H](C)N(C)C(=O)[C@H]2CCCNN2C(=O)[C@@H]2CCCNN2C1=O. The summed E-state index contributed by atoms with van der Waals surface area (Å²) >= 11 is 14.7. The number of fused-ring (bicyclic) bond motifs is 16. The molecule has 10 saturated heterocycles. The lowest BCUT2D eigenvalue weighted by atomic mass is 9.86. The average Bonchev–Trinajstić information content (AvgIpc) is 1.55.